The first-order chi connectivity index (χ1) is 8.22. The molecule has 88 valence electrons. The molecule has 5 heteroatoms. The summed E-state index contributed by atoms with van der Waals surface area (Å²) in [6, 6.07) is 3.75. The molecule has 0 aromatic carbocycles. The minimum absolute atomic E-state index is 0.219. The van der Waals surface area contributed by atoms with Crippen LogP contribution in [0.2, 0.25) is 5.28 Å². The first-order valence-electron chi connectivity index (χ1n) is 5.29. The second-order valence-corrected chi connectivity index (χ2v) is 3.80. The fourth-order valence-corrected chi connectivity index (χ4v) is 1.65. The van der Waals surface area contributed by atoms with E-state index < -0.39 is 0 Å². The van der Waals surface area contributed by atoms with E-state index in [1.807, 2.05) is 26.0 Å². The molecule has 0 spiro atoms. The molecule has 0 fully saturated rings. The average molecular weight is 250 g/mol. The third kappa shape index (κ3) is 2.53. The average Bonchev–Trinajstić information content (AvgIpc) is 2.34. The lowest BCUT2D eigenvalue weighted by Crippen LogP contribution is -1.99. The molecule has 0 N–H and O–H groups in total. The van der Waals surface area contributed by atoms with Gasteiger partial charge >= 0.3 is 0 Å². The summed E-state index contributed by atoms with van der Waals surface area (Å²) >= 11 is 5.81. The van der Waals surface area contributed by atoms with Crippen molar-refractivity contribution in [1.29, 1.82) is 0 Å². The zero-order valence-electron chi connectivity index (χ0n) is 9.64. The Morgan fingerprint density at radius 1 is 1.35 bits per heavy atom. The van der Waals surface area contributed by atoms with E-state index in [0.29, 0.717) is 12.5 Å². The molecular weight excluding hydrogens is 238 g/mol. The quantitative estimate of drug-likeness (QED) is 0.785. The number of aryl methyl sites for hydroxylation is 1. The van der Waals surface area contributed by atoms with Crippen LogP contribution in [-0.2, 0) is 0 Å². The van der Waals surface area contributed by atoms with Gasteiger partial charge < -0.3 is 4.74 Å². The Hall–Kier alpha value is -1.68. The van der Waals surface area contributed by atoms with Crippen LogP contribution in [0.15, 0.2) is 24.5 Å². The molecule has 0 aliphatic carbocycles. The van der Waals surface area contributed by atoms with Gasteiger partial charge in [0.2, 0.25) is 11.2 Å². The summed E-state index contributed by atoms with van der Waals surface area (Å²) < 4.78 is 5.47. The second kappa shape index (κ2) is 5.10. The first-order valence-corrected chi connectivity index (χ1v) is 5.67. The number of pyridine rings is 1. The number of ether oxygens (including phenoxy) is 1. The predicted octanol–water partition coefficient (Wildman–Crippen LogP) is 2.90. The van der Waals surface area contributed by atoms with Gasteiger partial charge in [0.05, 0.1) is 17.9 Å². The molecule has 17 heavy (non-hydrogen) atoms. The van der Waals surface area contributed by atoms with Crippen molar-refractivity contribution in [3.05, 3.63) is 35.4 Å². The van der Waals surface area contributed by atoms with Crippen molar-refractivity contribution in [3.63, 3.8) is 0 Å². The summed E-state index contributed by atoms with van der Waals surface area (Å²) in [5.41, 5.74) is 2.51. The van der Waals surface area contributed by atoms with E-state index in [9.17, 15) is 0 Å². The molecule has 0 aliphatic heterocycles. The largest absolute Gasteiger partial charge is 0.477 e. The highest BCUT2D eigenvalue weighted by Gasteiger charge is 2.11. The van der Waals surface area contributed by atoms with Gasteiger partial charge in [0.15, 0.2) is 0 Å². The number of halogens is 1. The maximum atomic E-state index is 5.81. The van der Waals surface area contributed by atoms with Gasteiger partial charge in [-0.3, -0.25) is 0 Å². The van der Waals surface area contributed by atoms with Crippen LogP contribution < -0.4 is 4.74 Å². The summed E-state index contributed by atoms with van der Waals surface area (Å²) in [4.78, 5) is 12.3. The summed E-state index contributed by atoms with van der Waals surface area (Å²) in [6.07, 6.45) is 3.38. The van der Waals surface area contributed by atoms with E-state index in [1.165, 1.54) is 0 Å². The summed E-state index contributed by atoms with van der Waals surface area (Å²) in [5.74, 6) is 0.563. The minimum atomic E-state index is 0.219. The number of hydrogen-bond donors (Lipinski definition) is 0. The third-order valence-corrected chi connectivity index (χ3v) is 2.43. The van der Waals surface area contributed by atoms with E-state index in [-0.39, 0.29) is 5.28 Å². The maximum Gasteiger partial charge on any atom is 0.222 e. The highest BCUT2D eigenvalue weighted by Crippen LogP contribution is 2.28. The molecule has 4 nitrogen and oxygen atoms in total. The standard InChI is InChI=1S/C12H12ClN3O/c1-3-17-11-9(5-4-6-14-11)10-8(2)7-15-12(13)16-10/h4-7H,3H2,1-2H3. The van der Waals surface area contributed by atoms with Crippen LogP contribution in [0.25, 0.3) is 11.3 Å². The second-order valence-electron chi connectivity index (χ2n) is 3.46. The van der Waals surface area contributed by atoms with Crippen molar-refractivity contribution in [3.8, 4) is 17.1 Å². The Kier molecular flexibility index (Phi) is 3.54. The van der Waals surface area contributed by atoms with Crippen LogP contribution in [0, 0.1) is 6.92 Å². The molecule has 0 unspecified atom stereocenters. The number of hydrogen-bond acceptors (Lipinski definition) is 4. The van der Waals surface area contributed by atoms with Crippen LogP contribution >= 0.6 is 11.6 Å². The van der Waals surface area contributed by atoms with E-state index >= 15 is 0 Å². The highest BCUT2D eigenvalue weighted by molar-refractivity contribution is 6.28. The van der Waals surface area contributed by atoms with Crippen molar-refractivity contribution in [1.82, 2.24) is 15.0 Å². The van der Waals surface area contributed by atoms with Crippen LogP contribution in [0.3, 0.4) is 0 Å². The maximum absolute atomic E-state index is 5.81. The van der Waals surface area contributed by atoms with Crippen molar-refractivity contribution in [2.24, 2.45) is 0 Å². The van der Waals surface area contributed by atoms with E-state index in [4.69, 9.17) is 16.3 Å². The Morgan fingerprint density at radius 3 is 2.94 bits per heavy atom. The lowest BCUT2D eigenvalue weighted by Gasteiger charge is -2.09. The Morgan fingerprint density at radius 2 is 2.18 bits per heavy atom. The monoisotopic (exact) mass is 249 g/mol. The highest BCUT2D eigenvalue weighted by atomic mass is 35.5. The number of rotatable bonds is 3. The van der Waals surface area contributed by atoms with Crippen LogP contribution in [0.1, 0.15) is 12.5 Å². The van der Waals surface area contributed by atoms with Crippen molar-refractivity contribution < 1.29 is 4.74 Å². The van der Waals surface area contributed by atoms with Gasteiger partial charge in [-0.25, -0.2) is 15.0 Å². The van der Waals surface area contributed by atoms with Gasteiger partial charge in [0.25, 0.3) is 0 Å². The lowest BCUT2D eigenvalue weighted by atomic mass is 10.1. The normalized spacial score (nSPS) is 10.3. The Bertz CT molecular complexity index is 531. The fraction of sp³-hybridized carbons (Fsp3) is 0.250. The lowest BCUT2D eigenvalue weighted by molar-refractivity contribution is 0.328. The summed E-state index contributed by atoms with van der Waals surface area (Å²) in [5, 5.41) is 0.219. The molecular formula is C12H12ClN3O. The number of aromatic nitrogens is 3. The van der Waals surface area contributed by atoms with E-state index in [2.05, 4.69) is 15.0 Å². The summed E-state index contributed by atoms with van der Waals surface area (Å²) in [7, 11) is 0. The van der Waals surface area contributed by atoms with E-state index in [0.717, 1.165) is 16.8 Å². The van der Waals surface area contributed by atoms with Gasteiger partial charge in [-0.1, -0.05) is 0 Å². The molecule has 2 heterocycles. The zero-order chi connectivity index (χ0) is 12.3. The first kappa shape index (κ1) is 11.8. The molecule has 0 bridgehead atoms. The van der Waals surface area contributed by atoms with Gasteiger partial charge in [0, 0.05) is 12.4 Å². The molecule has 0 saturated carbocycles. The third-order valence-electron chi connectivity index (χ3n) is 2.25. The predicted molar refractivity (Wildman–Crippen MR) is 66.2 cm³/mol. The fourth-order valence-electron chi connectivity index (χ4n) is 1.52. The molecule has 0 radical (unpaired) electrons. The topological polar surface area (TPSA) is 47.9 Å². The van der Waals surface area contributed by atoms with Crippen LogP contribution in [-0.4, -0.2) is 21.6 Å². The molecule has 2 rings (SSSR count). The molecule has 2 aromatic rings. The van der Waals surface area contributed by atoms with Gasteiger partial charge in [-0.2, -0.15) is 0 Å². The smallest absolute Gasteiger partial charge is 0.222 e. The molecule has 0 aliphatic rings. The van der Waals surface area contributed by atoms with Gasteiger partial charge in [-0.15, -0.1) is 0 Å². The van der Waals surface area contributed by atoms with Crippen molar-refractivity contribution in [2.45, 2.75) is 13.8 Å². The Balaban J connectivity index is 2.55. The van der Waals surface area contributed by atoms with Crippen molar-refractivity contribution >= 4 is 11.6 Å². The van der Waals surface area contributed by atoms with Crippen LogP contribution in [0.5, 0.6) is 5.88 Å². The van der Waals surface area contributed by atoms with Crippen molar-refractivity contribution in [2.75, 3.05) is 6.61 Å². The molecule has 0 amide bonds. The van der Waals surface area contributed by atoms with E-state index in [1.54, 1.807) is 12.4 Å². The van der Waals surface area contributed by atoms with Gasteiger partial charge in [0.1, 0.15) is 0 Å². The Labute approximate surface area is 105 Å². The molecule has 0 saturated heterocycles. The van der Waals surface area contributed by atoms with Crippen LogP contribution in [0.4, 0.5) is 0 Å². The van der Waals surface area contributed by atoms with Gasteiger partial charge in [-0.05, 0) is 43.1 Å². The minimum Gasteiger partial charge on any atom is -0.477 e. The molecule has 0 atom stereocenters. The number of nitrogens with zero attached hydrogens (tertiary/aromatic N) is 3. The molecule has 2 aromatic heterocycles. The zero-order valence-corrected chi connectivity index (χ0v) is 10.4. The SMILES string of the molecule is CCOc1ncccc1-c1nc(Cl)ncc1C. The summed E-state index contributed by atoms with van der Waals surface area (Å²) in [6.45, 7) is 4.40.